The van der Waals surface area contributed by atoms with Crippen LogP contribution in [-0.4, -0.2) is 40.7 Å². The molecule has 5 rings (SSSR count). The van der Waals surface area contributed by atoms with Gasteiger partial charge in [-0.25, -0.2) is 0 Å². The molecule has 0 atom stereocenters. The Morgan fingerprint density at radius 1 is 1.00 bits per heavy atom. The van der Waals surface area contributed by atoms with Gasteiger partial charge >= 0.3 is 0 Å². The van der Waals surface area contributed by atoms with Crippen molar-refractivity contribution in [3.8, 4) is 22.9 Å². The number of hydrogen-bond donors (Lipinski definition) is 1. The number of aryl methyl sites for hydroxylation is 1. The molecule has 8 nitrogen and oxygen atoms in total. The molecule has 0 saturated heterocycles. The van der Waals surface area contributed by atoms with Crippen molar-refractivity contribution in [3.05, 3.63) is 66.2 Å². The van der Waals surface area contributed by atoms with E-state index >= 15 is 0 Å². The lowest BCUT2D eigenvalue weighted by molar-refractivity contribution is -0.118. The number of carbonyl (C=O) groups excluding carboxylic acids is 1. The van der Waals surface area contributed by atoms with Crippen molar-refractivity contribution in [2.45, 2.75) is 6.92 Å². The number of anilines is 1. The van der Waals surface area contributed by atoms with Crippen molar-refractivity contribution >= 4 is 22.6 Å². The Labute approximate surface area is 178 Å². The highest BCUT2D eigenvalue weighted by atomic mass is 16.6. The van der Waals surface area contributed by atoms with Gasteiger partial charge in [-0.3, -0.25) is 4.79 Å². The predicted molar refractivity (Wildman–Crippen MR) is 115 cm³/mol. The third kappa shape index (κ3) is 4.00. The smallest absolute Gasteiger partial charge is 0.262 e. The average molecular weight is 416 g/mol. The molecule has 1 aliphatic rings. The molecule has 4 aromatic rings. The molecular weight excluding hydrogens is 396 g/mol. The number of hydrogen-bond acceptors (Lipinski definition) is 6. The molecule has 31 heavy (non-hydrogen) atoms. The van der Waals surface area contributed by atoms with Gasteiger partial charge in [0.1, 0.15) is 35.7 Å². The first kappa shape index (κ1) is 18.9. The Hall–Kier alpha value is -4.07. The summed E-state index contributed by atoms with van der Waals surface area (Å²) in [6, 6.07) is 18.6. The van der Waals surface area contributed by atoms with Crippen LogP contribution in [0.1, 0.15) is 5.56 Å². The van der Waals surface area contributed by atoms with Gasteiger partial charge in [-0.05, 0) is 48.9 Å². The summed E-state index contributed by atoms with van der Waals surface area (Å²) in [5.74, 6) is 1.51. The van der Waals surface area contributed by atoms with Crippen molar-refractivity contribution in [1.29, 1.82) is 0 Å². The zero-order valence-corrected chi connectivity index (χ0v) is 16.9. The number of nitrogens with one attached hydrogen (secondary N) is 1. The molecule has 8 heteroatoms. The van der Waals surface area contributed by atoms with Crippen LogP contribution in [0.2, 0.25) is 0 Å². The van der Waals surface area contributed by atoms with Gasteiger partial charge < -0.3 is 19.5 Å². The van der Waals surface area contributed by atoms with Crippen LogP contribution in [0.15, 0.2) is 60.7 Å². The monoisotopic (exact) mass is 416 g/mol. The molecule has 0 aliphatic carbocycles. The summed E-state index contributed by atoms with van der Waals surface area (Å²) in [5.41, 5.74) is 3.88. The Morgan fingerprint density at radius 3 is 2.52 bits per heavy atom. The maximum absolute atomic E-state index is 12.5. The standard InChI is InChI=1S/C23H20N4O4/c1-15-6-8-20(19(12-15)27-25-17-4-2-3-5-18(17)26-27)31-14-23(28)24-16-7-9-21-22(13-16)30-11-10-29-21/h2-9,12-13H,10-11,14H2,1H3,(H,24,28). The summed E-state index contributed by atoms with van der Waals surface area (Å²) in [4.78, 5) is 14.0. The topological polar surface area (TPSA) is 87.5 Å². The van der Waals surface area contributed by atoms with E-state index in [1.54, 1.807) is 18.2 Å². The Bertz CT molecular complexity index is 1230. The molecule has 0 bridgehead atoms. The minimum atomic E-state index is -0.290. The van der Waals surface area contributed by atoms with Crippen molar-refractivity contribution in [2.75, 3.05) is 25.1 Å². The van der Waals surface area contributed by atoms with Crippen molar-refractivity contribution in [3.63, 3.8) is 0 Å². The molecule has 3 aromatic carbocycles. The maximum Gasteiger partial charge on any atom is 0.262 e. The van der Waals surface area contributed by atoms with Crippen LogP contribution < -0.4 is 19.5 Å². The van der Waals surface area contributed by atoms with Crippen LogP contribution in [0.25, 0.3) is 16.7 Å². The molecule has 0 radical (unpaired) electrons. The maximum atomic E-state index is 12.5. The molecule has 0 spiro atoms. The lowest BCUT2D eigenvalue weighted by Crippen LogP contribution is -2.21. The number of rotatable bonds is 5. The van der Waals surface area contributed by atoms with Crippen molar-refractivity contribution < 1.29 is 19.0 Å². The van der Waals surface area contributed by atoms with Gasteiger partial charge in [0.15, 0.2) is 18.1 Å². The van der Waals surface area contributed by atoms with E-state index in [2.05, 4.69) is 15.5 Å². The molecule has 0 unspecified atom stereocenters. The lowest BCUT2D eigenvalue weighted by atomic mass is 10.2. The second kappa shape index (κ2) is 7.98. The molecule has 1 N–H and O–H groups in total. The molecule has 1 aliphatic heterocycles. The summed E-state index contributed by atoms with van der Waals surface area (Å²) >= 11 is 0. The summed E-state index contributed by atoms with van der Waals surface area (Å²) in [6.07, 6.45) is 0. The molecule has 0 fully saturated rings. The third-order valence-corrected chi connectivity index (χ3v) is 4.80. The first-order valence-corrected chi connectivity index (χ1v) is 9.91. The first-order chi connectivity index (χ1) is 15.2. The van der Waals surface area contributed by atoms with E-state index in [4.69, 9.17) is 14.2 Å². The molecule has 1 amide bonds. The zero-order valence-electron chi connectivity index (χ0n) is 16.9. The van der Waals surface area contributed by atoms with E-state index in [0.717, 1.165) is 16.6 Å². The predicted octanol–water partition coefficient (Wildman–Crippen LogP) is 3.52. The number of benzene rings is 3. The van der Waals surface area contributed by atoms with E-state index in [0.29, 0.717) is 41.8 Å². The van der Waals surface area contributed by atoms with E-state index in [1.165, 1.54) is 4.80 Å². The van der Waals surface area contributed by atoms with Crippen LogP contribution in [0.3, 0.4) is 0 Å². The Balaban J connectivity index is 1.32. The summed E-state index contributed by atoms with van der Waals surface area (Å²) < 4.78 is 16.9. The second-order valence-electron chi connectivity index (χ2n) is 7.14. The van der Waals surface area contributed by atoms with Crippen LogP contribution in [0.5, 0.6) is 17.2 Å². The summed E-state index contributed by atoms with van der Waals surface area (Å²) in [6.45, 7) is 2.82. The van der Waals surface area contributed by atoms with Crippen molar-refractivity contribution in [2.24, 2.45) is 0 Å². The molecule has 2 heterocycles. The van der Waals surface area contributed by atoms with Crippen molar-refractivity contribution in [1.82, 2.24) is 15.0 Å². The quantitative estimate of drug-likeness (QED) is 0.536. The zero-order chi connectivity index (χ0) is 21.2. The largest absolute Gasteiger partial charge is 0.486 e. The Morgan fingerprint density at radius 2 is 1.74 bits per heavy atom. The SMILES string of the molecule is Cc1ccc(OCC(=O)Nc2ccc3c(c2)OCCO3)c(-n2nc3ccccc3n2)c1. The fraction of sp³-hybridized carbons (Fsp3) is 0.174. The fourth-order valence-corrected chi connectivity index (χ4v) is 3.33. The third-order valence-electron chi connectivity index (χ3n) is 4.80. The van der Waals surface area contributed by atoms with Gasteiger partial charge in [0.2, 0.25) is 0 Å². The van der Waals surface area contributed by atoms with Gasteiger partial charge in [0.05, 0.1) is 0 Å². The molecule has 0 saturated carbocycles. The molecular formula is C23H20N4O4. The van der Waals surface area contributed by atoms with E-state index < -0.39 is 0 Å². The summed E-state index contributed by atoms with van der Waals surface area (Å²) in [5, 5.41) is 11.9. The van der Waals surface area contributed by atoms with Crippen LogP contribution in [-0.2, 0) is 4.79 Å². The number of aromatic nitrogens is 3. The van der Waals surface area contributed by atoms with Crippen LogP contribution in [0.4, 0.5) is 5.69 Å². The fourth-order valence-electron chi connectivity index (χ4n) is 3.33. The number of amides is 1. The summed E-state index contributed by atoms with van der Waals surface area (Å²) in [7, 11) is 0. The molecule has 156 valence electrons. The van der Waals surface area contributed by atoms with E-state index in [9.17, 15) is 4.79 Å². The number of ether oxygens (including phenoxy) is 3. The van der Waals surface area contributed by atoms with Gasteiger partial charge in [0, 0.05) is 11.8 Å². The minimum absolute atomic E-state index is 0.161. The molecule has 1 aromatic heterocycles. The number of carbonyl (C=O) groups is 1. The first-order valence-electron chi connectivity index (χ1n) is 9.91. The Kier molecular flexibility index (Phi) is 4.87. The van der Waals surface area contributed by atoms with Gasteiger partial charge in [0.25, 0.3) is 5.91 Å². The highest BCUT2D eigenvalue weighted by Gasteiger charge is 2.15. The van der Waals surface area contributed by atoms with E-state index in [1.807, 2.05) is 49.4 Å². The van der Waals surface area contributed by atoms with Crippen LogP contribution >= 0.6 is 0 Å². The second-order valence-corrected chi connectivity index (χ2v) is 7.14. The average Bonchev–Trinajstić information content (AvgIpc) is 3.22. The normalized spacial score (nSPS) is 12.5. The van der Waals surface area contributed by atoms with Crippen LogP contribution in [0, 0.1) is 6.92 Å². The highest BCUT2D eigenvalue weighted by Crippen LogP contribution is 2.32. The van der Waals surface area contributed by atoms with Gasteiger partial charge in [-0.2, -0.15) is 0 Å². The highest BCUT2D eigenvalue weighted by molar-refractivity contribution is 5.92. The van der Waals surface area contributed by atoms with Gasteiger partial charge in [-0.15, -0.1) is 15.0 Å². The minimum Gasteiger partial charge on any atom is -0.486 e. The van der Waals surface area contributed by atoms with E-state index in [-0.39, 0.29) is 12.5 Å². The lowest BCUT2D eigenvalue weighted by Gasteiger charge is -2.19. The number of nitrogens with zero attached hydrogens (tertiary/aromatic N) is 3. The van der Waals surface area contributed by atoms with Gasteiger partial charge in [-0.1, -0.05) is 18.2 Å². The number of fused-ring (bicyclic) bond motifs is 2.